The normalized spacial score (nSPS) is 11.9. The minimum atomic E-state index is 0.903. The molecule has 0 amide bonds. The van der Waals surface area contributed by atoms with Crippen LogP contribution in [0, 0.1) is 0 Å². The van der Waals surface area contributed by atoms with Gasteiger partial charge in [0.2, 0.25) is 0 Å². The second-order valence-corrected chi connectivity index (χ2v) is 38.5. The molecular weight excluding hydrogens is 1790 g/mol. The topological polar surface area (TPSA) is 69.0 Å². The summed E-state index contributed by atoms with van der Waals surface area (Å²) in [6.07, 6.45) is 0. The molecule has 0 fully saturated rings. The highest BCUT2D eigenvalue weighted by Crippen LogP contribution is 2.47. The third-order valence-corrected chi connectivity index (χ3v) is 30.4. The number of hydrogen-bond acceptors (Lipinski definition) is 3. The molecule has 0 aliphatic carbocycles. The van der Waals surface area contributed by atoms with Crippen molar-refractivity contribution in [1.82, 2.24) is 27.4 Å². The van der Waals surface area contributed by atoms with Crippen molar-refractivity contribution in [3.63, 3.8) is 0 Å². The maximum atomic E-state index is 6.19. The molecule has 0 unspecified atom stereocenters. The van der Waals surface area contributed by atoms with E-state index in [-0.39, 0.29) is 0 Å². The molecular formula is C138H86N6O3. The summed E-state index contributed by atoms with van der Waals surface area (Å²) in [7, 11) is 0. The van der Waals surface area contributed by atoms with E-state index < -0.39 is 0 Å². The fourth-order valence-electron chi connectivity index (χ4n) is 23.6. The number of rotatable bonds is 11. The Morgan fingerprint density at radius 2 is 0.299 bits per heavy atom. The standard InChI is InChI=1S/2C48H30N2O.C42H26N2O/c1-2-11-31(12-3-1)32-13-10-14-35(27-32)49-44-19-8-5-16-38(44)41-28-33(22-25-45(41)49)34-21-24-39-37-15-4-7-18-43(37)50(46(39)29-34)36-23-26-48-42(30-36)40-17-6-9-20-47(40)51-48;1-2-10-31(11-3-1)32-18-22-35(23-19-32)49-44-16-8-5-13-38(44)41-28-33(21-26-45(41)49)34-20-25-39-37-12-4-7-15-43(37)50(46(39)29-34)36-24-27-48-42(30-36)40-14-6-9-17-47(40)51-48;1-2-10-29(11-3-1)43-38-16-8-5-13-32(38)35-24-27(19-22-39(35)43)28-18-21-33-31-12-4-7-15-37(31)44(40(33)25-28)30-20-23-42-36(26-30)34-14-6-9-17-41(34)45-42/h2*1-30H;1-26H. The van der Waals surface area contributed by atoms with Crippen LogP contribution in [0.5, 0.6) is 0 Å². The fraction of sp³-hybridized carbons (Fsp3) is 0. The summed E-state index contributed by atoms with van der Waals surface area (Å²) >= 11 is 0. The Balaban J connectivity index is 0.000000102. The van der Waals surface area contributed by atoms with Crippen LogP contribution in [0.4, 0.5) is 0 Å². The van der Waals surface area contributed by atoms with Gasteiger partial charge in [0.25, 0.3) is 0 Å². The molecule has 9 aromatic heterocycles. The van der Waals surface area contributed by atoms with Gasteiger partial charge in [-0.1, -0.05) is 322 Å². The molecule has 0 spiro atoms. The zero-order chi connectivity index (χ0) is 96.4. The minimum Gasteiger partial charge on any atom is -0.456 e. The van der Waals surface area contributed by atoms with Gasteiger partial charge in [0, 0.05) is 131 Å². The maximum absolute atomic E-state index is 6.19. The Morgan fingerprint density at radius 1 is 0.0952 bits per heavy atom. The summed E-state index contributed by atoms with van der Waals surface area (Å²) in [5, 5.41) is 21.7. The summed E-state index contributed by atoms with van der Waals surface area (Å²) in [5.41, 5.74) is 38.7. The van der Waals surface area contributed by atoms with Crippen LogP contribution in [0.1, 0.15) is 0 Å². The van der Waals surface area contributed by atoms with Crippen molar-refractivity contribution in [2.45, 2.75) is 0 Å². The molecule has 0 aliphatic heterocycles. The zero-order valence-electron chi connectivity index (χ0n) is 79.6. The number of hydrogen-bond donors (Lipinski definition) is 0. The van der Waals surface area contributed by atoms with Gasteiger partial charge >= 0.3 is 0 Å². The van der Waals surface area contributed by atoms with Gasteiger partial charge in [0.1, 0.15) is 33.5 Å². The van der Waals surface area contributed by atoms with E-state index >= 15 is 0 Å². The highest BCUT2D eigenvalue weighted by atomic mass is 16.3. The summed E-state index contributed by atoms with van der Waals surface area (Å²) in [6, 6.07) is 188. The smallest absolute Gasteiger partial charge is 0.135 e. The number of fused-ring (bicyclic) bond motifs is 27. The minimum absolute atomic E-state index is 0.903. The zero-order valence-corrected chi connectivity index (χ0v) is 79.6. The second kappa shape index (κ2) is 33.5. The first kappa shape index (κ1) is 83.1. The lowest BCUT2D eigenvalue weighted by Gasteiger charge is -2.11. The summed E-state index contributed by atoms with van der Waals surface area (Å²) < 4.78 is 32.9. The number of aromatic nitrogens is 6. The van der Waals surface area contributed by atoms with Gasteiger partial charge in [-0.05, 0) is 256 Å². The lowest BCUT2D eigenvalue weighted by molar-refractivity contribution is 0.668. The molecule has 23 aromatic carbocycles. The molecule has 9 nitrogen and oxygen atoms in total. The largest absolute Gasteiger partial charge is 0.456 e. The van der Waals surface area contributed by atoms with Crippen molar-refractivity contribution in [1.29, 1.82) is 0 Å². The van der Waals surface area contributed by atoms with Crippen molar-refractivity contribution in [2.75, 3.05) is 0 Å². The van der Waals surface area contributed by atoms with Gasteiger partial charge in [-0.25, -0.2) is 0 Å². The Kier molecular flexibility index (Phi) is 18.9. The maximum Gasteiger partial charge on any atom is 0.135 e. The third-order valence-electron chi connectivity index (χ3n) is 30.4. The van der Waals surface area contributed by atoms with Crippen molar-refractivity contribution in [3.05, 3.63) is 522 Å². The lowest BCUT2D eigenvalue weighted by atomic mass is 10.0. The highest BCUT2D eigenvalue weighted by molar-refractivity contribution is 6.19. The Bertz CT molecular complexity index is 11000. The van der Waals surface area contributed by atoms with E-state index in [0.717, 1.165) is 94.3 Å². The molecule has 0 atom stereocenters. The van der Waals surface area contributed by atoms with E-state index in [1.807, 2.05) is 36.4 Å². The molecule has 9 heterocycles. The molecule has 32 rings (SSSR count). The van der Waals surface area contributed by atoms with E-state index in [4.69, 9.17) is 13.3 Å². The summed E-state index contributed by atoms with van der Waals surface area (Å²) in [5.74, 6) is 0. The number of para-hydroxylation sites is 10. The average Bonchev–Trinajstić information content (AvgIpc) is 1.58. The van der Waals surface area contributed by atoms with Gasteiger partial charge in [0.05, 0.1) is 66.2 Å². The van der Waals surface area contributed by atoms with Crippen LogP contribution in [-0.2, 0) is 0 Å². The molecule has 0 N–H and O–H groups in total. The van der Waals surface area contributed by atoms with Gasteiger partial charge in [-0.15, -0.1) is 0 Å². The summed E-state index contributed by atoms with van der Waals surface area (Å²) in [6.45, 7) is 0. The third kappa shape index (κ3) is 13.5. The first-order valence-electron chi connectivity index (χ1n) is 50.2. The Hall–Kier alpha value is -19.7. The predicted molar refractivity (Wildman–Crippen MR) is 614 cm³/mol. The monoisotopic (exact) mass is 1870 g/mol. The Morgan fingerprint density at radius 3 is 0.653 bits per heavy atom. The van der Waals surface area contributed by atoms with Crippen LogP contribution in [0.2, 0.25) is 0 Å². The van der Waals surface area contributed by atoms with Crippen molar-refractivity contribution < 1.29 is 13.3 Å². The van der Waals surface area contributed by atoms with E-state index in [2.05, 4.69) is 513 Å². The SMILES string of the molecule is c1ccc(-c2ccc(-n3c4ccccc4c4cc(-c5ccc6c7ccccc7n(-c7ccc8oc9ccccc9c8c7)c6c5)ccc43)cc2)cc1.c1ccc(-c2cccc(-n3c4ccccc4c4cc(-c5ccc6c7ccccc7n(-c7ccc8oc9ccccc9c8c7)c6c5)ccc43)c2)cc1.c1ccc(-n2c3ccccc3c3cc(-c4ccc5c6ccccc6n(-c6ccc7oc8ccccc8c7c6)c5c4)ccc32)cc1. The molecule has 0 saturated carbocycles. The van der Waals surface area contributed by atoms with Crippen LogP contribution in [0.3, 0.4) is 0 Å². The number of benzene rings is 23. The van der Waals surface area contributed by atoms with E-state index in [1.165, 1.54) is 192 Å². The number of nitrogens with zero attached hydrogens (tertiary/aromatic N) is 6. The molecule has 0 saturated heterocycles. The van der Waals surface area contributed by atoms with E-state index in [9.17, 15) is 0 Å². The van der Waals surface area contributed by atoms with Gasteiger partial charge in [-0.2, -0.15) is 0 Å². The first-order chi connectivity index (χ1) is 72.9. The molecule has 0 aliphatic rings. The van der Waals surface area contributed by atoms with Gasteiger partial charge in [0.15, 0.2) is 0 Å². The quantitative estimate of drug-likeness (QED) is 0.130. The molecule has 32 aromatic rings. The second-order valence-electron chi connectivity index (χ2n) is 38.5. The van der Waals surface area contributed by atoms with E-state index in [1.54, 1.807) is 0 Å². The van der Waals surface area contributed by atoms with E-state index in [0.29, 0.717) is 0 Å². The van der Waals surface area contributed by atoms with Crippen LogP contribution >= 0.6 is 0 Å². The van der Waals surface area contributed by atoms with Gasteiger partial charge < -0.3 is 40.7 Å². The van der Waals surface area contributed by atoms with Crippen molar-refractivity contribution in [2.24, 2.45) is 0 Å². The highest BCUT2D eigenvalue weighted by Gasteiger charge is 2.25. The predicted octanol–water partition coefficient (Wildman–Crippen LogP) is 37.7. The van der Waals surface area contributed by atoms with Crippen LogP contribution < -0.4 is 0 Å². The van der Waals surface area contributed by atoms with Crippen LogP contribution in [0.15, 0.2) is 535 Å². The lowest BCUT2D eigenvalue weighted by Crippen LogP contribution is -1.94. The fourth-order valence-corrected chi connectivity index (χ4v) is 23.6. The first-order valence-corrected chi connectivity index (χ1v) is 50.2. The van der Waals surface area contributed by atoms with Crippen molar-refractivity contribution >= 4 is 197 Å². The van der Waals surface area contributed by atoms with Crippen LogP contribution in [0.25, 0.3) is 286 Å². The number of furan rings is 3. The Labute approximate surface area is 842 Å². The summed E-state index contributed by atoms with van der Waals surface area (Å²) in [4.78, 5) is 0. The molecule has 0 bridgehead atoms. The van der Waals surface area contributed by atoms with Crippen molar-refractivity contribution in [3.8, 4) is 89.8 Å². The van der Waals surface area contributed by atoms with Gasteiger partial charge in [-0.3, -0.25) is 0 Å². The average molecular weight is 1880 g/mol. The molecule has 147 heavy (non-hydrogen) atoms. The molecule has 9 heteroatoms. The van der Waals surface area contributed by atoms with Crippen LogP contribution in [-0.4, -0.2) is 27.4 Å². The molecule has 0 radical (unpaired) electrons. The molecule has 686 valence electrons.